The van der Waals surface area contributed by atoms with Crippen molar-refractivity contribution in [2.75, 3.05) is 47.5 Å². The Morgan fingerprint density at radius 3 is 1.41 bits per heavy atom. The largest absolute Gasteiger partial charge is 0.472 e. The molecule has 0 saturated carbocycles. The number of rotatable bonds is 40. The van der Waals surface area contributed by atoms with E-state index in [4.69, 9.17) is 18.5 Å². The van der Waals surface area contributed by atoms with Crippen LogP contribution in [0.4, 0.5) is 0 Å². The molecule has 0 bridgehead atoms. The molecule has 10 heteroatoms. The third-order valence-electron chi connectivity index (χ3n) is 9.45. The fourth-order valence-corrected chi connectivity index (χ4v) is 6.69. The molecule has 0 fully saturated rings. The Labute approximate surface area is 332 Å². The van der Waals surface area contributed by atoms with Crippen LogP contribution in [0.1, 0.15) is 194 Å². The van der Waals surface area contributed by atoms with Crippen molar-refractivity contribution in [2.24, 2.45) is 0 Å². The second kappa shape index (κ2) is 37.1. The zero-order valence-electron chi connectivity index (χ0n) is 35.7. The molecule has 0 amide bonds. The van der Waals surface area contributed by atoms with Gasteiger partial charge in [-0.05, 0) is 64.2 Å². The smallest absolute Gasteiger partial charge is 0.462 e. The number of phosphoric acid groups is 1. The summed E-state index contributed by atoms with van der Waals surface area (Å²) in [7, 11) is 1.47. The number of nitrogens with zero attached hydrogens (tertiary/aromatic N) is 1. The van der Waals surface area contributed by atoms with Crippen LogP contribution in [0.2, 0.25) is 0 Å². The Balaban J connectivity index is 4.38. The fraction of sp³-hybridized carbons (Fsp3) is 0.864. The lowest BCUT2D eigenvalue weighted by atomic mass is 10.1. The Morgan fingerprint density at radius 1 is 0.556 bits per heavy atom. The predicted octanol–water partition coefficient (Wildman–Crippen LogP) is 12.4. The lowest BCUT2D eigenvalue weighted by Crippen LogP contribution is -2.37. The van der Waals surface area contributed by atoms with Crippen molar-refractivity contribution in [3.63, 3.8) is 0 Å². The molecule has 0 radical (unpaired) electrons. The summed E-state index contributed by atoms with van der Waals surface area (Å²) < 4.78 is 34.3. The van der Waals surface area contributed by atoms with Crippen molar-refractivity contribution in [3.8, 4) is 0 Å². The molecule has 0 heterocycles. The maximum atomic E-state index is 12.7. The summed E-state index contributed by atoms with van der Waals surface area (Å²) in [6.45, 7) is 4.39. The van der Waals surface area contributed by atoms with Crippen LogP contribution in [-0.4, -0.2) is 74.9 Å². The SMILES string of the molecule is CCCCCC/C=C/CCCCCCCCCC(=O)O[C@H](COC(=O)CCCCC/C=C/CCCCCCCCCC)COP(=O)(O)OCC[N+](C)(C)C. The summed E-state index contributed by atoms with van der Waals surface area (Å²) >= 11 is 0. The van der Waals surface area contributed by atoms with Gasteiger partial charge in [-0.15, -0.1) is 0 Å². The number of hydrogen-bond acceptors (Lipinski definition) is 7. The first kappa shape index (κ1) is 52.5. The molecular weight excluding hydrogens is 701 g/mol. The average Bonchev–Trinajstić information content (AvgIpc) is 3.12. The highest BCUT2D eigenvalue weighted by atomic mass is 31.2. The van der Waals surface area contributed by atoms with E-state index in [0.717, 1.165) is 51.4 Å². The molecule has 0 aliphatic rings. The van der Waals surface area contributed by atoms with Gasteiger partial charge in [0.2, 0.25) is 0 Å². The molecule has 0 rings (SSSR count). The summed E-state index contributed by atoms with van der Waals surface area (Å²) in [4.78, 5) is 35.3. The topological polar surface area (TPSA) is 108 Å². The summed E-state index contributed by atoms with van der Waals surface area (Å²) in [5.74, 6) is -0.818. The monoisotopic (exact) mass is 787 g/mol. The summed E-state index contributed by atoms with van der Waals surface area (Å²) in [5.41, 5.74) is 0. The van der Waals surface area contributed by atoms with Gasteiger partial charge >= 0.3 is 19.8 Å². The highest BCUT2D eigenvalue weighted by molar-refractivity contribution is 7.47. The third kappa shape index (κ3) is 40.2. The van der Waals surface area contributed by atoms with Gasteiger partial charge in [0.15, 0.2) is 6.10 Å². The molecule has 0 aliphatic heterocycles. The molecule has 2 atom stereocenters. The van der Waals surface area contributed by atoms with E-state index in [1.807, 2.05) is 21.1 Å². The van der Waals surface area contributed by atoms with Gasteiger partial charge in [0.05, 0.1) is 27.7 Å². The number of allylic oxidation sites excluding steroid dienone is 4. The van der Waals surface area contributed by atoms with Crippen molar-refractivity contribution in [2.45, 2.75) is 200 Å². The number of carbonyl (C=O) groups excluding carboxylic acids is 2. The zero-order chi connectivity index (χ0) is 40.0. The Morgan fingerprint density at radius 2 is 0.944 bits per heavy atom. The van der Waals surface area contributed by atoms with Gasteiger partial charge in [-0.1, -0.05) is 141 Å². The zero-order valence-corrected chi connectivity index (χ0v) is 36.6. The van der Waals surface area contributed by atoms with Crippen LogP contribution < -0.4 is 0 Å². The highest BCUT2D eigenvalue weighted by Gasteiger charge is 2.27. The number of quaternary nitrogens is 1. The standard InChI is InChI=1S/C44H84NO8P/c1-6-8-10-12-14-16-18-20-22-24-26-28-30-32-34-36-43(46)50-40-42(41-52-54(48,49)51-39-38-45(3,4)5)53-44(47)37-35-33-31-29-27-25-23-21-19-17-15-13-11-9-7-2/h17,19,24,26,42H,6-16,18,20-23,25,27-41H2,1-5H3/p+1/b19-17+,26-24+/t42-/m1/s1. The van der Waals surface area contributed by atoms with Gasteiger partial charge in [0.1, 0.15) is 19.8 Å². The minimum atomic E-state index is -4.37. The second-order valence-corrected chi connectivity index (χ2v) is 17.5. The molecule has 318 valence electrons. The molecule has 9 nitrogen and oxygen atoms in total. The van der Waals surface area contributed by atoms with E-state index in [-0.39, 0.29) is 32.0 Å². The quantitative estimate of drug-likeness (QED) is 0.0215. The summed E-state index contributed by atoms with van der Waals surface area (Å²) in [6.07, 6.45) is 39.3. The number of likely N-dealkylation sites (N-methyl/N-ethyl adjacent to an activating group) is 1. The van der Waals surface area contributed by atoms with Crippen molar-refractivity contribution in [1.82, 2.24) is 0 Å². The van der Waals surface area contributed by atoms with Gasteiger partial charge in [-0.3, -0.25) is 18.6 Å². The number of ether oxygens (including phenoxy) is 2. The van der Waals surface area contributed by atoms with Crippen LogP contribution in [-0.2, 0) is 32.7 Å². The van der Waals surface area contributed by atoms with Gasteiger partial charge in [0, 0.05) is 12.8 Å². The average molecular weight is 787 g/mol. The molecule has 0 aromatic heterocycles. The van der Waals surface area contributed by atoms with E-state index in [2.05, 4.69) is 38.2 Å². The van der Waals surface area contributed by atoms with Crippen molar-refractivity contribution in [1.29, 1.82) is 0 Å². The van der Waals surface area contributed by atoms with Crippen molar-refractivity contribution < 1.29 is 42.1 Å². The minimum Gasteiger partial charge on any atom is -0.462 e. The number of hydrogen-bond donors (Lipinski definition) is 1. The molecule has 0 aliphatic carbocycles. The maximum absolute atomic E-state index is 12.7. The van der Waals surface area contributed by atoms with Gasteiger partial charge in [-0.25, -0.2) is 4.57 Å². The molecule has 0 aromatic carbocycles. The Bertz CT molecular complexity index is 980. The Hall–Kier alpha value is -1.51. The van der Waals surface area contributed by atoms with Gasteiger partial charge in [0.25, 0.3) is 0 Å². The van der Waals surface area contributed by atoms with E-state index in [1.165, 1.54) is 103 Å². The van der Waals surface area contributed by atoms with E-state index in [0.29, 0.717) is 23.9 Å². The van der Waals surface area contributed by atoms with Crippen LogP contribution in [0, 0.1) is 0 Å². The molecular formula is C44H85NO8P+. The minimum absolute atomic E-state index is 0.0298. The first-order valence-corrected chi connectivity index (χ1v) is 23.6. The molecule has 0 spiro atoms. The van der Waals surface area contributed by atoms with E-state index >= 15 is 0 Å². The number of phosphoric ester groups is 1. The number of carbonyl (C=O) groups is 2. The van der Waals surface area contributed by atoms with Crippen LogP contribution >= 0.6 is 7.82 Å². The maximum Gasteiger partial charge on any atom is 0.472 e. The first-order valence-electron chi connectivity index (χ1n) is 22.1. The van der Waals surface area contributed by atoms with Crippen LogP contribution in [0.15, 0.2) is 24.3 Å². The van der Waals surface area contributed by atoms with E-state index in [1.54, 1.807) is 0 Å². The fourth-order valence-electron chi connectivity index (χ4n) is 5.94. The molecule has 0 aromatic rings. The van der Waals surface area contributed by atoms with E-state index in [9.17, 15) is 19.0 Å². The Kier molecular flexibility index (Phi) is 36.1. The van der Waals surface area contributed by atoms with Crippen molar-refractivity contribution in [3.05, 3.63) is 24.3 Å². The molecule has 1 unspecified atom stereocenters. The normalized spacial score (nSPS) is 13.8. The highest BCUT2D eigenvalue weighted by Crippen LogP contribution is 2.43. The van der Waals surface area contributed by atoms with Crippen LogP contribution in [0.3, 0.4) is 0 Å². The van der Waals surface area contributed by atoms with Gasteiger partial charge in [-0.2, -0.15) is 0 Å². The molecule has 1 N–H and O–H groups in total. The summed E-state index contributed by atoms with van der Waals surface area (Å²) in [5, 5.41) is 0. The van der Waals surface area contributed by atoms with Crippen molar-refractivity contribution >= 4 is 19.8 Å². The molecule has 0 saturated heterocycles. The van der Waals surface area contributed by atoms with Gasteiger partial charge < -0.3 is 18.9 Å². The van der Waals surface area contributed by atoms with Crippen LogP contribution in [0.5, 0.6) is 0 Å². The number of esters is 2. The number of unbranched alkanes of at least 4 members (excludes halogenated alkanes) is 22. The third-order valence-corrected chi connectivity index (χ3v) is 10.4. The van der Waals surface area contributed by atoms with E-state index < -0.39 is 26.5 Å². The lowest BCUT2D eigenvalue weighted by molar-refractivity contribution is -0.870. The molecule has 54 heavy (non-hydrogen) atoms. The van der Waals surface area contributed by atoms with Crippen LogP contribution in [0.25, 0.3) is 0 Å². The predicted molar refractivity (Wildman–Crippen MR) is 224 cm³/mol. The first-order chi connectivity index (χ1) is 26.0. The summed E-state index contributed by atoms with van der Waals surface area (Å²) in [6, 6.07) is 0. The lowest BCUT2D eigenvalue weighted by Gasteiger charge is -2.24. The second-order valence-electron chi connectivity index (χ2n) is 16.1.